The van der Waals surface area contributed by atoms with Crippen LogP contribution in [-0.4, -0.2) is 76.4 Å². The van der Waals surface area contributed by atoms with Gasteiger partial charge in [-0.15, -0.1) is 0 Å². The standard InChI is InChI=1S/C25H29ClF2N4O4S/c1-24(2,3)36-23(34)32-11-9-31(10-12-32)19(33)14-35-18-6-5-15(13-17(18)26)20-16-7-8-25(27,28)21(16)30-22(29-20)37-4/h5-6,13H,7-12,14H2,1-4H3. The predicted molar refractivity (Wildman–Crippen MR) is 136 cm³/mol. The number of thioether (sulfide) groups is 1. The second kappa shape index (κ2) is 10.6. The molecule has 12 heteroatoms. The lowest BCUT2D eigenvalue weighted by Crippen LogP contribution is -2.52. The van der Waals surface area contributed by atoms with Crippen LogP contribution in [0.3, 0.4) is 0 Å². The molecule has 1 fully saturated rings. The maximum atomic E-state index is 14.3. The lowest BCUT2D eigenvalue weighted by molar-refractivity contribution is -0.135. The third kappa shape index (κ3) is 6.26. The second-order valence-electron chi connectivity index (χ2n) is 9.87. The molecule has 0 spiro atoms. The molecule has 1 aromatic heterocycles. The molecule has 2 aliphatic rings. The van der Waals surface area contributed by atoms with Crippen LogP contribution in [0.2, 0.25) is 5.02 Å². The number of alkyl halides is 2. The fraction of sp³-hybridized carbons (Fsp3) is 0.520. The summed E-state index contributed by atoms with van der Waals surface area (Å²) in [7, 11) is 0. The summed E-state index contributed by atoms with van der Waals surface area (Å²) in [6, 6.07) is 4.89. The fourth-order valence-corrected chi connectivity index (χ4v) is 4.79. The summed E-state index contributed by atoms with van der Waals surface area (Å²) in [6.07, 6.45) is 1.21. The zero-order chi connectivity index (χ0) is 27.0. The van der Waals surface area contributed by atoms with E-state index in [1.165, 1.54) is 11.8 Å². The van der Waals surface area contributed by atoms with E-state index in [2.05, 4.69) is 9.97 Å². The van der Waals surface area contributed by atoms with Crippen LogP contribution in [0.4, 0.5) is 13.6 Å². The average molecular weight is 555 g/mol. The van der Waals surface area contributed by atoms with Gasteiger partial charge in [-0.05, 0) is 51.6 Å². The molecule has 0 bridgehead atoms. The van der Waals surface area contributed by atoms with Gasteiger partial charge in [-0.3, -0.25) is 4.79 Å². The highest BCUT2D eigenvalue weighted by atomic mass is 35.5. The Morgan fingerprint density at radius 2 is 1.81 bits per heavy atom. The molecule has 0 saturated carbocycles. The number of amides is 2. The number of aromatic nitrogens is 2. The number of benzene rings is 1. The normalized spacial score (nSPS) is 16.9. The third-order valence-electron chi connectivity index (χ3n) is 6.05. The van der Waals surface area contributed by atoms with Crippen LogP contribution in [0.25, 0.3) is 11.3 Å². The van der Waals surface area contributed by atoms with E-state index in [0.717, 1.165) is 0 Å². The minimum atomic E-state index is -2.98. The monoisotopic (exact) mass is 554 g/mol. The number of ether oxygens (including phenoxy) is 2. The van der Waals surface area contributed by atoms with Crippen LogP contribution in [0, 0.1) is 0 Å². The highest BCUT2D eigenvalue weighted by Gasteiger charge is 2.43. The number of piperazine rings is 1. The number of nitrogens with zero attached hydrogens (tertiary/aromatic N) is 4. The van der Waals surface area contributed by atoms with Gasteiger partial charge in [-0.25, -0.2) is 14.8 Å². The van der Waals surface area contributed by atoms with Crippen LogP contribution in [0.15, 0.2) is 23.4 Å². The summed E-state index contributed by atoms with van der Waals surface area (Å²) < 4.78 is 39.7. The van der Waals surface area contributed by atoms with E-state index in [4.69, 9.17) is 21.1 Å². The number of halogens is 3. The van der Waals surface area contributed by atoms with Crippen LogP contribution < -0.4 is 4.74 Å². The van der Waals surface area contributed by atoms with Crippen molar-refractivity contribution in [1.29, 1.82) is 0 Å². The van der Waals surface area contributed by atoms with Crippen molar-refractivity contribution in [2.45, 2.75) is 50.3 Å². The summed E-state index contributed by atoms with van der Waals surface area (Å²) in [6.45, 7) is 6.67. The van der Waals surface area contributed by atoms with Crippen molar-refractivity contribution >= 4 is 35.4 Å². The molecule has 4 rings (SSSR count). The van der Waals surface area contributed by atoms with Gasteiger partial charge in [0.25, 0.3) is 11.8 Å². The Morgan fingerprint density at radius 3 is 2.43 bits per heavy atom. The minimum absolute atomic E-state index is 0.178. The molecule has 1 aliphatic carbocycles. The molecule has 8 nitrogen and oxygen atoms in total. The average Bonchev–Trinajstić information content (AvgIpc) is 3.15. The quantitative estimate of drug-likeness (QED) is 0.379. The van der Waals surface area contributed by atoms with E-state index in [0.29, 0.717) is 48.7 Å². The SMILES string of the molecule is CSc1nc(-c2ccc(OCC(=O)N3CCN(C(=O)OC(C)(C)C)CC3)c(Cl)c2)c2c(n1)C(F)(F)CC2. The topological polar surface area (TPSA) is 84.9 Å². The molecule has 37 heavy (non-hydrogen) atoms. The molecular weight excluding hydrogens is 526 g/mol. The largest absolute Gasteiger partial charge is 0.482 e. The van der Waals surface area contributed by atoms with Crippen molar-refractivity contribution in [2.75, 3.05) is 39.0 Å². The summed E-state index contributed by atoms with van der Waals surface area (Å²) >= 11 is 7.63. The van der Waals surface area contributed by atoms with Crippen molar-refractivity contribution in [1.82, 2.24) is 19.8 Å². The Kier molecular flexibility index (Phi) is 7.85. The number of hydrogen-bond acceptors (Lipinski definition) is 7. The minimum Gasteiger partial charge on any atom is -0.482 e. The van der Waals surface area contributed by atoms with Crippen LogP contribution >= 0.6 is 23.4 Å². The highest BCUT2D eigenvalue weighted by Crippen LogP contribution is 2.44. The summed E-state index contributed by atoms with van der Waals surface area (Å²) in [5, 5.41) is 0.506. The van der Waals surface area contributed by atoms with Crippen molar-refractivity contribution < 1.29 is 27.8 Å². The number of carbonyl (C=O) groups is 2. The van der Waals surface area contributed by atoms with E-state index in [-0.39, 0.29) is 41.2 Å². The van der Waals surface area contributed by atoms with E-state index >= 15 is 0 Å². The number of carbonyl (C=O) groups excluding carboxylic acids is 2. The van der Waals surface area contributed by atoms with Crippen LogP contribution in [0.1, 0.15) is 38.4 Å². The first kappa shape index (κ1) is 27.4. The third-order valence-corrected chi connectivity index (χ3v) is 6.89. The van der Waals surface area contributed by atoms with E-state index < -0.39 is 17.6 Å². The Bertz CT molecular complexity index is 1200. The summed E-state index contributed by atoms with van der Waals surface area (Å²) in [5.74, 6) is -2.92. The Hall–Kier alpha value is -2.66. The van der Waals surface area contributed by atoms with E-state index in [1.807, 2.05) is 0 Å². The lowest BCUT2D eigenvalue weighted by Gasteiger charge is -2.35. The zero-order valence-electron chi connectivity index (χ0n) is 21.1. The molecule has 0 unspecified atom stereocenters. The number of hydrogen-bond donors (Lipinski definition) is 0. The molecular formula is C25H29ClF2N4O4S. The Labute approximate surface area is 223 Å². The molecule has 0 N–H and O–H groups in total. The molecule has 0 radical (unpaired) electrons. The predicted octanol–water partition coefficient (Wildman–Crippen LogP) is 5.02. The highest BCUT2D eigenvalue weighted by molar-refractivity contribution is 7.98. The Morgan fingerprint density at radius 1 is 1.14 bits per heavy atom. The van der Waals surface area contributed by atoms with Crippen molar-refractivity contribution in [3.63, 3.8) is 0 Å². The van der Waals surface area contributed by atoms with Crippen molar-refractivity contribution in [3.05, 3.63) is 34.5 Å². The van der Waals surface area contributed by atoms with Gasteiger partial charge in [0.1, 0.15) is 17.0 Å². The molecule has 1 saturated heterocycles. The maximum absolute atomic E-state index is 14.3. The van der Waals surface area contributed by atoms with Crippen LogP contribution in [-0.2, 0) is 21.9 Å². The van der Waals surface area contributed by atoms with Gasteiger partial charge in [0.05, 0.1) is 10.7 Å². The van der Waals surface area contributed by atoms with Gasteiger partial charge in [0.2, 0.25) is 0 Å². The molecule has 1 aromatic carbocycles. The van der Waals surface area contributed by atoms with Gasteiger partial charge < -0.3 is 19.3 Å². The maximum Gasteiger partial charge on any atom is 0.410 e. The second-order valence-corrected chi connectivity index (χ2v) is 11.1. The van der Waals surface area contributed by atoms with Crippen LogP contribution in [0.5, 0.6) is 5.75 Å². The number of rotatable bonds is 5. The van der Waals surface area contributed by atoms with Crippen molar-refractivity contribution in [2.24, 2.45) is 0 Å². The van der Waals surface area contributed by atoms with Gasteiger partial charge in [-0.2, -0.15) is 8.78 Å². The molecule has 200 valence electrons. The summed E-state index contributed by atoms with van der Waals surface area (Å²) in [5.41, 5.74) is 0.624. The molecule has 0 atom stereocenters. The summed E-state index contributed by atoms with van der Waals surface area (Å²) in [4.78, 5) is 36.6. The van der Waals surface area contributed by atoms with Gasteiger partial charge >= 0.3 is 6.09 Å². The lowest BCUT2D eigenvalue weighted by atomic mass is 10.1. The zero-order valence-corrected chi connectivity index (χ0v) is 22.7. The first-order chi connectivity index (χ1) is 17.4. The van der Waals surface area contributed by atoms with E-state index in [9.17, 15) is 18.4 Å². The first-order valence-corrected chi connectivity index (χ1v) is 13.5. The molecule has 1 aliphatic heterocycles. The fourth-order valence-electron chi connectivity index (χ4n) is 4.19. The molecule has 2 amide bonds. The number of fused-ring (bicyclic) bond motifs is 1. The molecule has 2 heterocycles. The van der Waals surface area contributed by atoms with Crippen molar-refractivity contribution in [3.8, 4) is 17.0 Å². The van der Waals surface area contributed by atoms with Gasteiger partial charge in [0.15, 0.2) is 11.8 Å². The smallest absolute Gasteiger partial charge is 0.410 e. The Balaban J connectivity index is 1.39. The first-order valence-electron chi connectivity index (χ1n) is 11.9. The van der Waals surface area contributed by atoms with E-state index in [1.54, 1.807) is 55.0 Å². The van der Waals surface area contributed by atoms with Gasteiger partial charge in [-0.1, -0.05) is 23.4 Å². The molecule has 2 aromatic rings. The van der Waals surface area contributed by atoms with Gasteiger partial charge in [0, 0.05) is 43.7 Å².